The van der Waals surface area contributed by atoms with Crippen molar-refractivity contribution < 1.29 is 9.73 Å². The predicted molar refractivity (Wildman–Crippen MR) is 52.8 cm³/mol. The number of carbonyl (C=O) groups is 1. The molecule has 0 fully saturated rings. The third-order valence-corrected chi connectivity index (χ3v) is 1.90. The summed E-state index contributed by atoms with van der Waals surface area (Å²) in [5.41, 5.74) is 11.4. The maximum atomic E-state index is 11.1. The number of hydrogen-bond acceptors (Lipinski definition) is 6. The molecule has 1 aliphatic heterocycles. The van der Waals surface area contributed by atoms with Gasteiger partial charge < -0.3 is 11.5 Å². The van der Waals surface area contributed by atoms with Crippen LogP contribution in [0.3, 0.4) is 0 Å². The number of amidine groups is 1. The number of nitrogens with zero attached hydrogens (tertiary/aromatic N) is 3. The quantitative estimate of drug-likeness (QED) is 0.660. The highest BCUT2D eigenvalue weighted by Gasteiger charge is 2.21. The van der Waals surface area contributed by atoms with Crippen molar-refractivity contribution in [2.45, 2.75) is 0 Å². The molecule has 0 radical (unpaired) electrons. The van der Waals surface area contributed by atoms with E-state index in [1.54, 1.807) is 0 Å². The zero-order chi connectivity index (χ0) is 10.8. The highest BCUT2D eigenvalue weighted by atomic mass is 16.8. The molecule has 0 saturated heterocycles. The Hall–Kier alpha value is -2.31. The maximum absolute atomic E-state index is 11.1. The lowest BCUT2D eigenvalue weighted by Crippen LogP contribution is -2.27. The first-order chi connectivity index (χ1) is 7.18. The fourth-order valence-corrected chi connectivity index (χ4v) is 1.23. The van der Waals surface area contributed by atoms with Gasteiger partial charge in [0.2, 0.25) is 0 Å². The van der Waals surface area contributed by atoms with Crippen LogP contribution in [0.25, 0.3) is 0 Å². The molecule has 0 spiro atoms. The number of nitrogens with two attached hydrogens (primary N) is 2. The van der Waals surface area contributed by atoms with Crippen molar-refractivity contribution in [1.29, 1.82) is 0 Å². The third-order valence-electron chi connectivity index (χ3n) is 1.90. The van der Waals surface area contributed by atoms with Crippen LogP contribution in [0.5, 0.6) is 0 Å². The predicted octanol–water partition coefficient (Wildman–Crippen LogP) is -0.796. The van der Waals surface area contributed by atoms with Gasteiger partial charge in [-0.1, -0.05) is 0 Å². The number of oxime groups is 1. The molecule has 7 nitrogen and oxygen atoms in total. The molecule has 0 aromatic carbocycles. The van der Waals surface area contributed by atoms with E-state index in [2.05, 4.69) is 10.1 Å². The standard InChI is InChI=1S/C8H9N5O2/c9-7-4-13(15-12-7)6-3-11-2-1-5(6)8(10)14/h1-3H,4H2,(H2,9,12)(H2,10,14). The molecule has 1 aromatic rings. The average molecular weight is 207 g/mol. The van der Waals surface area contributed by atoms with Crippen molar-refractivity contribution in [1.82, 2.24) is 4.98 Å². The number of amides is 1. The normalized spacial score (nSPS) is 14.7. The van der Waals surface area contributed by atoms with Crippen LogP contribution in [0.2, 0.25) is 0 Å². The molecule has 0 saturated carbocycles. The molecule has 2 heterocycles. The Bertz CT molecular complexity index is 431. The molecule has 1 aromatic heterocycles. The van der Waals surface area contributed by atoms with Crippen molar-refractivity contribution in [2.24, 2.45) is 16.6 Å². The van der Waals surface area contributed by atoms with Crippen LogP contribution in [0.4, 0.5) is 5.69 Å². The van der Waals surface area contributed by atoms with Gasteiger partial charge in [-0.05, 0) is 11.2 Å². The lowest BCUT2D eigenvalue weighted by Gasteiger charge is -2.15. The van der Waals surface area contributed by atoms with Crippen molar-refractivity contribution in [3.05, 3.63) is 24.0 Å². The molecule has 7 heteroatoms. The molecular weight excluding hydrogens is 198 g/mol. The van der Waals surface area contributed by atoms with Gasteiger partial charge in [-0.25, -0.2) is 0 Å². The summed E-state index contributed by atoms with van der Waals surface area (Å²) in [4.78, 5) is 19.9. The lowest BCUT2D eigenvalue weighted by molar-refractivity contribution is 0.0995. The molecule has 1 amide bonds. The van der Waals surface area contributed by atoms with Gasteiger partial charge in [0.25, 0.3) is 5.91 Å². The van der Waals surface area contributed by atoms with Crippen LogP contribution in [0.1, 0.15) is 10.4 Å². The number of rotatable bonds is 2. The number of hydroxylamine groups is 1. The van der Waals surface area contributed by atoms with E-state index in [1.165, 1.54) is 23.5 Å². The fraction of sp³-hybridized carbons (Fsp3) is 0.125. The summed E-state index contributed by atoms with van der Waals surface area (Å²) >= 11 is 0. The number of hydrogen-bond donors (Lipinski definition) is 2. The minimum Gasteiger partial charge on any atom is -0.383 e. The van der Waals surface area contributed by atoms with Crippen molar-refractivity contribution in [3.8, 4) is 0 Å². The summed E-state index contributed by atoms with van der Waals surface area (Å²) < 4.78 is 0. The topological polar surface area (TPSA) is 107 Å². The molecule has 0 atom stereocenters. The summed E-state index contributed by atoms with van der Waals surface area (Å²) in [6.45, 7) is 0.284. The second kappa shape index (κ2) is 3.45. The van der Waals surface area contributed by atoms with Crippen LogP contribution in [-0.4, -0.2) is 23.3 Å². The van der Waals surface area contributed by atoms with Gasteiger partial charge in [0, 0.05) is 6.20 Å². The summed E-state index contributed by atoms with van der Waals surface area (Å²) in [6.07, 6.45) is 2.94. The van der Waals surface area contributed by atoms with Gasteiger partial charge in [0.15, 0.2) is 5.84 Å². The zero-order valence-corrected chi connectivity index (χ0v) is 7.75. The van der Waals surface area contributed by atoms with Gasteiger partial charge in [-0.15, -0.1) is 0 Å². The van der Waals surface area contributed by atoms with E-state index < -0.39 is 5.91 Å². The Balaban J connectivity index is 2.32. The molecule has 1 aliphatic rings. The third kappa shape index (κ3) is 1.66. The Morgan fingerprint density at radius 3 is 3.00 bits per heavy atom. The first-order valence-corrected chi connectivity index (χ1v) is 4.19. The number of pyridine rings is 1. The first-order valence-electron chi connectivity index (χ1n) is 4.19. The molecule has 15 heavy (non-hydrogen) atoms. The van der Waals surface area contributed by atoms with E-state index in [9.17, 15) is 4.79 Å². The van der Waals surface area contributed by atoms with E-state index in [4.69, 9.17) is 16.4 Å². The van der Waals surface area contributed by atoms with Gasteiger partial charge in [-0.3, -0.25) is 14.7 Å². The van der Waals surface area contributed by atoms with E-state index in [1.807, 2.05) is 0 Å². The minimum atomic E-state index is -0.554. The number of anilines is 1. The minimum absolute atomic E-state index is 0.284. The van der Waals surface area contributed by atoms with Crippen LogP contribution in [-0.2, 0) is 4.94 Å². The lowest BCUT2D eigenvalue weighted by atomic mass is 10.2. The van der Waals surface area contributed by atoms with E-state index in [0.29, 0.717) is 17.1 Å². The smallest absolute Gasteiger partial charge is 0.251 e. The maximum Gasteiger partial charge on any atom is 0.251 e. The first kappa shape index (κ1) is 9.25. The van der Waals surface area contributed by atoms with Gasteiger partial charge in [-0.2, -0.15) is 5.06 Å². The molecule has 0 unspecified atom stereocenters. The largest absolute Gasteiger partial charge is 0.383 e. The Kier molecular flexibility index (Phi) is 2.13. The van der Waals surface area contributed by atoms with Crippen LogP contribution in [0, 0.1) is 0 Å². The van der Waals surface area contributed by atoms with E-state index in [-0.39, 0.29) is 6.54 Å². The SMILES string of the molecule is NC(=O)c1ccncc1N1CC(N)=NO1. The van der Waals surface area contributed by atoms with Crippen molar-refractivity contribution in [2.75, 3.05) is 11.6 Å². The summed E-state index contributed by atoms with van der Waals surface area (Å²) in [6, 6.07) is 1.51. The fourth-order valence-electron chi connectivity index (χ4n) is 1.23. The second-order valence-corrected chi connectivity index (χ2v) is 2.96. The number of primary amides is 1. The van der Waals surface area contributed by atoms with Gasteiger partial charge >= 0.3 is 0 Å². The zero-order valence-electron chi connectivity index (χ0n) is 7.75. The number of carbonyl (C=O) groups excluding carboxylic acids is 1. The summed E-state index contributed by atoms with van der Waals surface area (Å²) in [5.74, 6) is -0.226. The Morgan fingerprint density at radius 1 is 1.60 bits per heavy atom. The van der Waals surface area contributed by atoms with Gasteiger partial charge in [0.05, 0.1) is 11.8 Å². The molecule has 0 bridgehead atoms. The molecule has 4 N–H and O–H groups in total. The van der Waals surface area contributed by atoms with E-state index >= 15 is 0 Å². The van der Waals surface area contributed by atoms with Gasteiger partial charge in [0.1, 0.15) is 12.2 Å². The average Bonchev–Trinajstić information content (AvgIpc) is 2.65. The summed E-state index contributed by atoms with van der Waals surface area (Å²) in [5, 5.41) is 4.88. The number of aromatic nitrogens is 1. The monoisotopic (exact) mass is 207 g/mol. The van der Waals surface area contributed by atoms with Crippen LogP contribution in [0.15, 0.2) is 23.6 Å². The van der Waals surface area contributed by atoms with Crippen LogP contribution >= 0.6 is 0 Å². The molecular formula is C8H9N5O2. The summed E-state index contributed by atoms with van der Waals surface area (Å²) in [7, 11) is 0. The highest BCUT2D eigenvalue weighted by molar-refractivity contribution is 5.99. The molecule has 2 rings (SSSR count). The second-order valence-electron chi connectivity index (χ2n) is 2.96. The van der Waals surface area contributed by atoms with E-state index in [0.717, 1.165) is 0 Å². The Morgan fingerprint density at radius 2 is 2.40 bits per heavy atom. The highest BCUT2D eigenvalue weighted by Crippen LogP contribution is 2.20. The Labute approximate surface area is 85.3 Å². The molecule has 0 aliphatic carbocycles. The molecule has 78 valence electrons. The van der Waals surface area contributed by atoms with Crippen molar-refractivity contribution >= 4 is 17.4 Å². The van der Waals surface area contributed by atoms with Crippen molar-refractivity contribution in [3.63, 3.8) is 0 Å². The van der Waals surface area contributed by atoms with Crippen LogP contribution < -0.4 is 16.5 Å².